The van der Waals surface area contributed by atoms with Gasteiger partial charge in [0.2, 0.25) is 0 Å². The molecule has 0 fully saturated rings. The van der Waals surface area contributed by atoms with E-state index in [1.807, 2.05) is 32.0 Å². The number of hydrogen-bond acceptors (Lipinski definition) is 2. The van der Waals surface area contributed by atoms with Crippen molar-refractivity contribution in [3.05, 3.63) is 65.5 Å². The highest BCUT2D eigenvalue weighted by molar-refractivity contribution is 6.01. The highest BCUT2D eigenvalue weighted by Crippen LogP contribution is 2.35. The average Bonchev–Trinajstić information content (AvgIpc) is 2.54. The minimum atomic E-state index is -0.487. The molecule has 0 aliphatic carbocycles. The van der Waals surface area contributed by atoms with Gasteiger partial charge in [0.25, 0.3) is 5.91 Å². The van der Waals surface area contributed by atoms with Gasteiger partial charge < -0.3 is 10.2 Å². The lowest BCUT2D eigenvalue weighted by Crippen LogP contribution is -2.47. The summed E-state index contributed by atoms with van der Waals surface area (Å²) in [4.78, 5) is 14.6. The summed E-state index contributed by atoms with van der Waals surface area (Å²) in [5, 5.41) is 3.31. The van der Waals surface area contributed by atoms with Crippen molar-refractivity contribution in [2.24, 2.45) is 0 Å². The van der Waals surface area contributed by atoms with E-state index < -0.39 is 6.17 Å². The SMILES string of the molecule is CC[C@@H](C)N1C(=O)c2ccccc2N[C@@H]1c1ccccc1F. The van der Waals surface area contributed by atoms with Gasteiger partial charge in [0, 0.05) is 17.3 Å². The van der Waals surface area contributed by atoms with Crippen molar-refractivity contribution in [1.29, 1.82) is 0 Å². The van der Waals surface area contributed by atoms with E-state index in [9.17, 15) is 9.18 Å². The Kier molecular flexibility index (Phi) is 3.84. The van der Waals surface area contributed by atoms with Crippen LogP contribution < -0.4 is 5.32 Å². The summed E-state index contributed by atoms with van der Waals surface area (Å²) in [6, 6.07) is 14.0. The van der Waals surface area contributed by atoms with E-state index in [2.05, 4.69) is 5.32 Å². The smallest absolute Gasteiger partial charge is 0.258 e. The van der Waals surface area contributed by atoms with Gasteiger partial charge in [0.05, 0.1) is 5.56 Å². The Morgan fingerprint density at radius 3 is 2.59 bits per heavy atom. The molecule has 0 saturated carbocycles. The first-order valence-electron chi connectivity index (χ1n) is 7.56. The second-order valence-electron chi connectivity index (χ2n) is 5.58. The van der Waals surface area contributed by atoms with Gasteiger partial charge in [-0.1, -0.05) is 37.3 Å². The maximum absolute atomic E-state index is 14.2. The number of hydrogen-bond donors (Lipinski definition) is 1. The van der Waals surface area contributed by atoms with Gasteiger partial charge in [-0.15, -0.1) is 0 Å². The Hall–Kier alpha value is -2.36. The quantitative estimate of drug-likeness (QED) is 0.921. The van der Waals surface area contributed by atoms with Crippen LogP contribution in [-0.2, 0) is 0 Å². The predicted octanol–water partition coefficient (Wildman–Crippen LogP) is 4.19. The molecule has 0 bridgehead atoms. The molecule has 1 amide bonds. The summed E-state index contributed by atoms with van der Waals surface area (Å²) < 4.78 is 14.2. The Balaban J connectivity index is 2.11. The van der Waals surface area contributed by atoms with Gasteiger partial charge in [0.15, 0.2) is 0 Å². The standard InChI is InChI=1S/C18H19FN2O/c1-3-12(2)21-17(13-8-4-6-10-15(13)19)20-16-11-7-5-9-14(16)18(21)22/h4-12,17,20H,3H2,1-2H3/t12-,17+/m1/s1. The summed E-state index contributed by atoms with van der Waals surface area (Å²) in [6.45, 7) is 4.01. The molecule has 0 unspecified atom stereocenters. The molecule has 1 N–H and O–H groups in total. The minimum absolute atomic E-state index is 0.0120. The Labute approximate surface area is 129 Å². The first-order chi connectivity index (χ1) is 10.6. The molecule has 2 aromatic rings. The normalized spacial score (nSPS) is 18.6. The van der Waals surface area contributed by atoms with Gasteiger partial charge >= 0.3 is 0 Å². The molecule has 3 rings (SSSR count). The van der Waals surface area contributed by atoms with Crippen molar-refractivity contribution >= 4 is 11.6 Å². The van der Waals surface area contributed by atoms with Crippen molar-refractivity contribution in [3.63, 3.8) is 0 Å². The second kappa shape index (κ2) is 5.79. The van der Waals surface area contributed by atoms with E-state index in [1.165, 1.54) is 6.07 Å². The third kappa shape index (κ3) is 2.34. The van der Waals surface area contributed by atoms with Gasteiger partial charge in [-0.2, -0.15) is 0 Å². The van der Waals surface area contributed by atoms with Crippen LogP contribution in [0.2, 0.25) is 0 Å². The molecule has 1 aliphatic heterocycles. The fraction of sp³-hybridized carbons (Fsp3) is 0.278. The number of carbonyl (C=O) groups is 1. The molecule has 0 radical (unpaired) electrons. The summed E-state index contributed by atoms with van der Waals surface area (Å²) in [7, 11) is 0. The lowest BCUT2D eigenvalue weighted by Gasteiger charge is -2.41. The summed E-state index contributed by atoms with van der Waals surface area (Å²) in [5.74, 6) is -0.363. The molecule has 4 heteroatoms. The molecule has 3 nitrogen and oxygen atoms in total. The van der Waals surface area contributed by atoms with Crippen molar-refractivity contribution < 1.29 is 9.18 Å². The molecule has 2 aromatic carbocycles. The fourth-order valence-corrected chi connectivity index (χ4v) is 2.84. The minimum Gasteiger partial charge on any atom is -0.361 e. The molecule has 0 spiro atoms. The summed E-state index contributed by atoms with van der Waals surface area (Å²) in [5.41, 5.74) is 1.88. The number of para-hydroxylation sites is 1. The summed E-state index contributed by atoms with van der Waals surface area (Å²) in [6.07, 6.45) is 0.319. The topological polar surface area (TPSA) is 32.3 Å². The highest BCUT2D eigenvalue weighted by atomic mass is 19.1. The van der Waals surface area contributed by atoms with Gasteiger partial charge in [-0.05, 0) is 31.5 Å². The van der Waals surface area contributed by atoms with Crippen LogP contribution in [0, 0.1) is 5.82 Å². The Morgan fingerprint density at radius 2 is 1.86 bits per heavy atom. The lowest BCUT2D eigenvalue weighted by molar-refractivity contribution is 0.0590. The second-order valence-corrected chi connectivity index (χ2v) is 5.58. The number of rotatable bonds is 3. The van der Waals surface area contributed by atoms with Crippen LogP contribution in [0.5, 0.6) is 0 Å². The Bertz CT molecular complexity index is 701. The van der Waals surface area contributed by atoms with E-state index >= 15 is 0 Å². The van der Waals surface area contributed by atoms with Crippen LogP contribution >= 0.6 is 0 Å². The molecular formula is C18H19FN2O. The molecule has 1 heterocycles. The van der Waals surface area contributed by atoms with Crippen LogP contribution in [0.25, 0.3) is 0 Å². The number of amides is 1. The van der Waals surface area contributed by atoms with Crippen LogP contribution in [0.15, 0.2) is 48.5 Å². The highest BCUT2D eigenvalue weighted by Gasteiger charge is 2.36. The molecule has 0 aromatic heterocycles. The molecule has 114 valence electrons. The molecule has 2 atom stereocenters. The first kappa shape index (κ1) is 14.6. The van der Waals surface area contributed by atoms with Crippen molar-refractivity contribution in [3.8, 4) is 0 Å². The van der Waals surface area contributed by atoms with Crippen LogP contribution in [0.3, 0.4) is 0 Å². The van der Waals surface area contributed by atoms with Crippen LogP contribution in [0.1, 0.15) is 42.4 Å². The van der Waals surface area contributed by atoms with E-state index in [1.54, 1.807) is 29.2 Å². The van der Waals surface area contributed by atoms with E-state index in [4.69, 9.17) is 0 Å². The van der Waals surface area contributed by atoms with Gasteiger partial charge in [0.1, 0.15) is 12.0 Å². The Morgan fingerprint density at radius 1 is 1.18 bits per heavy atom. The number of carbonyl (C=O) groups excluding carboxylic acids is 1. The zero-order valence-electron chi connectivity index (χ0n) is 12.7. The monoisotopic (exact) mass is 298 g/mol. The average molecular weight is 298 g/mol. The van der Waals surface area contributed by atoms with E-state index in [0.717, 1.165) is 12.1 Å². The maximum Gasteiger partial charge on any atom is 0.258 e. The van der Waals surface area contributed by atoms with Crippen LogP contribution in [-0.4, -0.2) is 16.8 Å². The summed E-state index contributed by atoms with van der Waals surface area (Å²) >= 11 is 0. The van der Waals surface area contributed by atoms with Crippen molar-refractivity contribution in [2.75, 3.05) is 5.32 Å². The number of nitrogens with zero attached hydrogens (tertiary/aromatic N) is 1. The fourth-order valence-electron chi connectivity index (χ4n) is 2.84. The predicted molar refractivity (Wildman–Crippen MR) is 85.1 cm³/mol. The largest absolute Gasteiger partial charge is 0.361 e. The lowest BCUT2D eigenvalue weighted by atomic mass is 10.0. The van der Waals surface area contributed by atoms with Gasteiger partial charge in [-0.25, -0.2) is 4.39 Å². The number of benzene rings is 2. The zero-order valence-corrected chi connectivity index (χ0v) is 12.7. The first-order valence-corrected chi connectivity index (χ1v) is 7.56. The van der Waals surface area contributed by atoms with Crippen molar-refractivity contribution in [2.45, 2.75) is 32.5 Å². The molecular weight excluding hydrogens is 279 g/mol. The number of fused-ring (bicyclic) bond motifs is 1. The third-order valence-corrected chi connectivity index (χ3v) is 4.23. The zero-order chi connectivity index (χ0) is 15.7. The maximum atomic E-state index is 14.2. The number of nitrogens with one attached hydrogen (secondary N) is 1. The van der Waals surface area contributed by atoms with Gasteiger partial charge in [-0.3, -0.25) is 4.79 Å². The number of anilines is 1. The molecule has 0 saturated heterocycles. The van der Waals surface area contributed by atoms with E-state index in [0.29, 0.717) is 11.1 Å². The molecule has 1 aliphatic rings. The van der Waals surface area contributed by atoms with Crippen molar-refractivity contribution in [1.82, 2.24) is 4.90 Å². The number of halogens is 1. The van der Waals surface area contributed by atoms with E-state index in [-0.39, 0.29) is 17.8 Å². The third-order valence-electron chi connectivity index (χ3n) is 4.23. The van der Waals surface area contributed by atoms with Crippen LogP contribution in [0.4, 0.5) is 10.1 Å². The molecule has 22 heavy (non-hydrogen) atoms.